The number of pyridine rings is 1. The third-order valence-electron chi connectivity index (χ3n) is 6.54. The highest BCUT2D eigenvalue weighted by atomic mass is 19.1. The van der Waals surface area contributed by atoms with Crippen LogP contribution in [0.2, 0.25) is 0 Å². The molecule has 1 aliphatic heterocycles. The topological polar surface area (TPSA) is 69.5 Å². The molecule has 1 saturated heterocycles. The molecule has 0 spiro atoms. The van der Waals surface area contributed by atoms with Crippen molar-refractivity contribution in [3.63, 3.8) is 0 Å². The Morgan fingerprint density at radius 2 is 1.94 bits per heavy atom. The van der Waals surface area contributed by atoms with Crippen LogP contribution in [0.1, 0.15) is 24.6 Å². The number of rotatable bonds is 6. The molecule has 5 rings (SSSR count). The fourth-order valence-corrected chi connectivity index (χ4v) is 4.75. The van der Waals surface area contributed by atoms with Gasteiger partial charge in [-0.05, 0) is 68.3 Å². The van der Waals surface area contributed by atoms with Crippen LogP contribution in [0.5, 0.6) is 17.2 Å². The molecule has 1 fully saturated rings. The number of piperidine rings is 1. The number of fused-ring (bicyclic) bond motifs is 1. The van der Waals surface area contributed by atoms with Crippen LogP contribution in [0.4, 0.5) is 4.39 Å². The summed E-state index contributed by atoms with van der Waals surface area (Å²) in [7, 11) is 1.42. The van der Waals surface area contributed by atoms with Crippen LogP contribution < -0.4 is 9.47 Å². The van der Waals surface area contributed by atoms with Gasteiger partial charge in [0.2, 0.25) is 11.7 Å². The second kappa shape index (κ2) is 9.81. The SMILES string of the molecule is C=CC(=O)N1CCC[C@@H](n2nc(-c3ccc(Oc4cccc(OC)c4F)cc3)c3c(C)nccc32)C1. The van der Waals surface area contributed by atoms with Gasteiger partial charge in [0.25, 0.3) is 0 Å². The zero-order valence-electron chi connectivity index (χ0n) is 20.3. The van der Waals surface area contributed by atoms with E-state index >= 15 is 0 Å². The highest BCUT2D eigenvalue weighted by molar-refractivity contribution is 5.95. The number of hydrogen-bond acceptors (Lipinski definition) is 5. The molecule has 2 aromatic heterocycles. The first kappa shape index (κ1) is 23.5. The lowest BCUT2D eigenvalue weighted by Crippen LogP contribution is -2.40. The van der Waals surface area contributed by atoms with Crippen molar-refractivity contribution in [2.45, 2.75) is 25.8 Å². The molecule has 0 aliphatic carbocycles. The number of methoxy groups -OCH3 is 1. The highest BCUT2D eigenvalue weighted by Crippen LogP contribution is 2.35. The third kappa shape index (κ3) is 4.30. The van der Waals surface area contributed by atoms with Crippen LogP contribution in [0.3, 0.4) is 0 Å². The van der Waals surface area contributed by atoms with E-state index in [-0.39, 0.29) is 23.4 Å². The summed E-state index contributed by atoms with van der Waals surface area (Å²) < 4.78 is 27.3. The van der Waals surface area contributed by atoms with Gasteiger partial charge in [0.05, 0.1) is 18.7 Å². The van der Waals surface area contributed by atoms with Crippen molar-refractivity contribution in [1.82, 2.24) is 19.7 Å². The second-order valence-corrected chi connectivity index (χ2v) is 8.77. The van der Waals surface area contributed by atoms with Crippen molar-refractivity contribution in [2.75, 3.05) is 20.2 Å². The summed E-state index contributed by atoms with van der Waals surface area (Å²) in [5.41, 5.74) is 3.56. The van der Waals surface area contributed by atoms with E-state index in [0.717, 1.165) is 47.2 Å². The molecule has 1 amide bonds. The predicted molar refractivity (Wildman–Crippen MR) is 136 cm³/mol. The van der Waals surface area contributed by atoms with Crippen LogP contribution >= 0.6 is 0 Å². The number of benzene rings is 2. The normalized spacial score (nSPS) is 15.6. The lowest BCUT2D eigenvalue weighted by atomic mass is 10.0. The number of hydrogen-bond donors (Lipinski definition) is 0. The summed E-state index contributed by atoms with van der Waals surface area (Å²) in [5.74, 6) is 0.104. The highest BCUT2D eigenvalue weighted by Gasteiger charge is 2.27. The lowest BCUT2D eigenvalue weighted by molar-refractivity contribution is -0.127. The summed E-state index contributed by atoms with van der Waals surface area (Å²) in [4.78, 5) is 18.6. The number of aryl methyl sites for hydroxylation is 1. The molecule has 0 N–H and O–H groups in total. The Morgan fingerprint density at radius 3 is 2.69 bits per heavy atom. The molecule has 1 aliphatic rings. The molecule has 0 radical (unpaired) electrons. The monoisotopic (exact) mass is 486 g/mol. The molecule has 4 aromatic rings. The number of halogens is 1. The molecule has 36 heavy (non-hydrogen) atoms. The standard InChI is InChI=1S/C28H27FN4O3/c1-4-25(34)32-16-6-7-20(17-32)33-22-14-15-30-18(2)26(22)28(31-33)19-10-12-21(13-11-19)36-24-9-5-8-23(35-3)27(24)29/h4-5,8-15,20H,1,6-7,16-17H2,2-3H3/t20-/m1/s1. The van der Waals surface area contributed by atoms with Crippen molar-refractivity contribution >= 4 is 16.8 Å². The molecular formula is C28H27FN4O3. The van der Waals surface area contributed by atoms with Gasteiger partial charge >= 0.3 is 0 Å². The van der Waals surface area contributed by atoms with Crippen LogP contribution in [0, 0.1) is 12.7 Å². The molecule has 8 heteroatoms. The number of amides is 1. The van der Waals surface area contributed by atoms with Crippen LogP contribution in [0.15, 0.2) is 67.4 Å². The number of ether oxygens (including phenoxy) is 2. The van der Waals surface area contributed by atoms with E-state index in [1.54, 1.807) is 36.5 Å². The second-order valence-electron chi connectivity index (χ2n) is 8.77. The molecule has 0 unspecified atom stereocenters. The number of aromatic nitrogens is 3. The Kier molecular flexibility index (Phi) is 6.41. The van der Waals surface area contributed by atoms with E-state index in [4.69, 9.17) is 14.6 Å². The minimum atomic E-state index is -0.549. The molecule has 184 valence electrons. The Hall–Kier alpha value is -4.20. The van der Waals surface area contributed by atoms with Gasteiger partial charge in [-0.3, -0.25) is 14.5 Å². The number of likely N-dealkylation sites (tertiary alicyclic amines) is 1. The van der Waals surface area contributed by atoms with Gasteiger partial charge in [0.15, 0.2) is 11.5 Å². The molecule has 0 saturated carbocycles. The molecule has 0 bridgehead atoms. The molecule has 2 aromatic carbocycles. The van der Waals surface area contributed by atoms with Crippen molar-refractivity contribution in [3.8, 4) is 28.5 Å². The summed E-state index contributed by atoms with van der Waals surface area (Å²) in [6.45, 7) is 6.90. The predicted octanol–water partition coefficient (Wildman–Crippen LogP) is 5.70. The first-order valence-corrected chi connectivity index (χ1v) is 11.9. The van der Waals surface area contributed by atoms with Gasteiger partial charge in [-0.2, -0.15) is 9.49 Å². The van der Waals surface area contributed by atoms with Crippen molar-refractivity contribution < 1.29 is 18.7 Å². The van der Waals surface area contributed by atoms with E-state index < -0.39 is 5.82 Å². The first-order valence-electron chi connectivity index (χ1n) is 11.9. The maximum absolute atomic E-state index is 14.5. The van der Waals surface area contributed by atoms with Crippen molar-refractivity contribution in [3.05, 3.63) is 78.9 Å². The van der Waals surface area contributed by atoms with E-state index in [0.29, 0.717) is 12.3 Å². The van der Waals surface area contributed by atoms with E-state index in [9.17, 15) is 9.18 Å². The van der Waals surface area contributed by atoms with Crippen LogP contribution in [0.25, 0.3) is 22.2 Å². The number of carbonyl (C=O) groups excluding carboxylic acids is 1. The minimum absolute atomic E-state index is 0.0549. The van der Waals surface area contributed by atoms with E-state index in [1.165, 1.54) is 13.2 Å². The number of carbonyl (C=O) groups is 1. The average molecular weight is 487 g/mol. The zero-order chi connectivity index (χ0) is 25.2. The fraction of sp³-hybridized carbons (Fsp3) is 0.250. The van der Waals surface area contributed by atoms with Gasteiger partial charge in [-0.25, -0.2) is 0 Å². The maximum atomic E-state index is 14.5. The van der Waals surface area contributed by atoms with Crippen LogP contribution in [-0.4, -0.2) is 45.8 Å². The quantitative estimate of drug-likeness (QED) is 0.327. The lowest BCUT2D eigenvalue weighted by Gasteiger charge is -2.32. The largest absolute Gasteiger partial charge is 0.494 e. The molecule has 7 nitrogen and oxygen atoms in total. The fourth-order valence-electron chi connectivity index (χ4n) is 4.75. The summed E-state index contributed by atoms with van der Waals surface area (Å²) in [6.07, 6.45) is 4.98. The Balaban J connectivity index is 1.48. The first-order chi connectivity index (χ1) is 17.5. The molecule has 3 heterocycles. The van der Waals surface area contributed by atoms with Crippen molar-refractivity contribution in [1.29, 1.82) is 0 Å². The van der Waals surface area contributed by atoms with Gasteiger partial charge < -0.3 is 14.4 Å². The average Bonchev–Trinajstić information content (AvgIpc) is 3.31. The summed E-state index contributed by atoms with van der Waals surface area (Å²) in [6, 6.07) is 14.2. The summed E-state index contributed by atoms with van der Waals surface area (Å²) >= 11 is 0. The Bertz CT molecular complexity index is 1430. The Labute approximate surface area is 208 Å². The van der Waals surface area contributed by atoms with Crippen molar-refractivity contribution in [2.24, 2.45) is 0 Å². The van der Waals surface area contributed by atoms with E-state index in [1.807, 2.05) is 34.7 Å². The minimum Gasteiger partial charge on any atom is -0.494 e. The maximum Gasteiger partial charge on any atom is 0.246 e. The number of nitrogens with zero attached hydrogens (tertiary/aromatic N) is 4. The molecule has 1 atom stereocenters. The molecular weight excluding hydrogens is 459 g/mol. The zero-order valence-corrected chi connectivity index (χ0v) is 20.3. The summed E-state index contributed by atoms with van der Waals surface area (Å²) in [5, 5.41) is 5.98. The third-order valence-corrected chi connectivity index (χ3v) is 6.54. The van der Waals surface area contributed by atoms with Gasteiger partial charge in [0.1, 0.15) is 11.4 Å². The van der Waals surface area contributed by atoms with Gasteiger partial charge in [-0.1, -0.05) is 12.6 Å². The van der Waals surface area contributed by atoms with Crippen LogP contribution in [-0.2, 0) is 4.79 Å². The smallest absolute Gasteiger partial charge is 0.246 e. The van der Waals surface area contributed by atoms with Gasteiger partial charge in [-0.15, -0.1) is 0 Å². The van der Waals surface area contributed by atoms with Gasteiger partial charge in [0, 0.05) is 35.9 Å². The van der Waals surface area contributed by atoms with E-state index in [2.05, 4.69) is 11.6 Å². The Morgan fingerprint density at radius 1 is 1.17 bits per heavy atom.